The predicted molar refractivity (Wildman–Crippen MR) is 164 cm³/mol. The van der Waals surface area contributed by atoms with Gasteiger partial charge >= 0.3 is 5.97 Å². The molecule has 1 N–H and O–H groups in total. The topological polar surface area (TPSA) is 141 Å². The first kappa shape index (κ1) is 28.6. The maximum absolute atomic E-state index is 12.9. The van der Waals surface area contributed by atoms with Crippen LogP contribution in [0.4, 0.5) is 0 Å². The molecular formula is C32H22N4O6S2. The maximum Gasteiger partial charge on any atom is 0.337 e. The summed E-state index contributed by atoms with van der Waals surface area (Å²) in [5.74, 6) is -0.949. The second kappa shape index (κ2) is 12.0. The van der Waals surface area contributed by atoms with E-state index in [1.807, 2.05) is 64.7 Å². The molecule has 0 fully saturated rings. The van der Waals surface area contributed by atoms with E-state index in [2.05, 4.69) is 14.9 Å². The molecule has 0 unspecified atom stereocenters. The van der Waals surface area contributed by atoms with E-state index in [-0.39, 0.29) is 21.9 Å². The molecule has 0 aliphatic carbocycles. The van der Waals surface area contributed by atoms with E-state index in [0.717, 1.165) is 27.4 Å². The number of nitrogens with zero attached hydrogens (tertiary/aromatic N) is 3. The van der Waals surface area contributed by atoms with E-state index < -0.39 is 21.9 Å². The lowest BCUT2D eigenvalue weighted by atomic mass is 10.1. The Morgan fingerprint density at radius 2 is 1.48 bits per heavy atom. The number of amides is 1. The molecule has 0 atom stereocenters. The van der Waals surface area contributed by atoms with Gasteiger partial charge in [-0.15, -0.1) is 11.3 Å². The van der Waals surface area contributed by atoms with Crippen LogP contribution in [-0.4, -0.2) is 42.5 Å². The van der Waals surface area contributed by atoms with Gasteiger partial charge < -0.3 is 9.26 Å². The smallest absolute Gasteiger partial charge is 0.337 e. The largest absolute Gasteiger partial charge is 0.465 e. The summed E-state index contributed by atoms with van der Waals surface area (Å²) in [6, 6.07) is 28.8. The summed E-state index contributed by atoms with van der Waals surface area (Å²) in [7, 11) is -2.99. The highest BCUT2D eigenvalue weighted by atomic mass is 32.2. The first-order valence-electron chi connectivity index (χ1n) is 13.1. The molecule has 2 aromatic heterocycles. The van der Waals surface area contributed by atoms with Crippen LogP contribution in [0.2, 0.25) is 0 Å². The van der Waals surface area contributed by atoms with Gasteiger partial charge in [0.25, 0.3) is 21.8 Å². The number of nitrogens with one attached hydrogen (secondary N) is 1. The molecule has 2 heterocycles. The highest BCUT2D eigenvalue weighted by Gasteiger charge is 2.21. The molecule has 0 saturated carbocycles. The minimum Gasteiger partial charge on any atom is -0.465 e. The van der Waals surface area contributed by atoms with Gasteiger partial charge in [-0.05, 0) is 42.5 Å². The Labute approximate surface area is 256 Å². The number of hydrogen-bond donors (Lipinski definition) is 1. The molecule has 12 heteroatoms. The van der Waals surface area contributed by atoms with Crippen molar-refractivity contribution in [3.05, 3.63) is 120 Å². The van der Waals surface area contributed by atoms with E-state index in [9.17, 15) is 18.0 Å². The molecule has 0 aliphatic rings. The van der Waals surface area contributed by atoms with E-state index >= 15 is 0 Å². The van der Waals surface area contributed by atoms with Crippen LogP contribution in [0.25, 0.3) is 44.7 Å². The number of methoxy groups -OCH3 is 1. The van der Waals surface area contributed by atoms with E-state index in [4.69, 9.17) is 9.51 Å². The number of rotatable bonds is 8. The summed E-state index contributed by atoms with van der Waals surface area (Å²) in [6.45, 7) is 0. The van der Waals surface area contributed by atoms with E-state index in [1.165, 1.54) is 43.5 Å². The van der Waals surface area contributed by atoms with E-state index in [0.29, 0.717) is 11.4 Å². The first-order chi connectivity index (χ1) is 21.3. The number of ether oxygens (including phenoxy) is 1. The molecule has 44 heavy (non-hydrogen) atoms. The van der Waals surface area contributed by atoms with Crippen LogP contribution in [0, 0.1) is 0 Å². The minimum absolute atomic E-state index is 0.0690. The lowest BCUT2D eigenvalue weighted by Gasteiger charge is -2.08. The molecule has 218 valence electrons. The highest BCUT2D eigenvalue weighted by molar-refractivity contribution is 7.90. The molecule has 0 aliphatic heterocycles. The first-order valence-corrected chi connectivity index (χ1v) is 15.5. The number of sulfonamides is 1. The van der Waals surface area contributed by atoms with Gasteiger partial charge in [0.05, 0.1) is 23.3 Å². The fraction of sp³-hybridized carbons (Fsp3) is 0.0312. The molecule has 4 aromatic carbocycles. The molecule has 1 amide bonds. The fourth-order valence-corrected chi connectivity index (χ4v) is 6.10. The fourth-order valence-electron chi connectivity index (χ4n) is 4.29. The predicted octanol–water partition coefficient (Wildman–Crippen LogP) is 6.10. The van der Waals surface area contributed by atoms with E-state index in [1.54, 1.807) is 23.5 Å². The van der Waals surface area contributed by atoms with Crippen LogP contribution in [0.1, 0.15) is 20.7 Å². The third-order valence-corrected chi connectivity index (χ3v) is 8.81. The third kappa shape index (κ3) is 6.02. The summed E-state index contributed by atoms with van der Waals surface area (Å²) in [5, 5.41) is 7.03. The zero-order valence-electron chi connectivity index (χ0n) is 23.0. The second-order valence-electron chi connectivity index (χ2n) is 9.44. The number of thiazole rings is 1. The molecule has 0 bridgehead atoms. The van der Waals surface area contributed by atoms with Crippen LogP contribution in [0.3, 0.4) is 0 Å². The average Bonchev–Trinajstić information content (AvgIpc) is 3.76. The van der Waals surface area contributed by atoms with Crippen molar-refractivity contribution in [1.82, 2.24) is 19.8 Å². The summed E-state index contributed by atoms with van der Waals surface area (Å²) in [4.78, 5) is 33.5. The summed E-state index contributed by atoms with van der Waals surface area (Å²) < 4.78 is 37.7. The Hall–Kier alpha value is -5.46. The van der Waals surface area contributed by atoms with Crippen molar-refractivity contribution in [1.29, 1.82) is 0 Å². The molecule has 10 nitrogen and oxygen atoms in total. The normalized spacial score (nSPS) is 11.2. The summed E-state index contributed by atoms with van der Waals surface area (Å²) >= 11 is 1.58. The maximum atomic E-state index is 12.9. The molecule has 6 aromatic rings. The number of carbonyl (C=O) groups excluding carboxylic acids is 2. The lowest BCUT2D eigenvalue weighted by Crippen LogP contribution is -2.30. The van der Waals surface area contributed by atoms with Crippen molar-refractivity contribution < 1.29 is 27.3 Å². The summed E-state index contributed by atoms with van der Waals surface area (Å²) in [5.41, 5.74) is 4.28. The van der Waals surface area contributed by atoms with Crippen molar-refractivity contribution in [2.24, 2.45) is 0 Å². The van der Waals surface area contributed by atoms with Gasteiger partial charge in [-0.3, -0.25) is 4.79 Å². The monoisotopic (exact) mass is 622 g/mol. The lowest BCUT2D eigenvalue weighted by molar-refractivity contribution is 0.0600. The zero-order valence-corrected chi connectivity index (χ0v) is 24.6. The van der Waals surface area contributed by atoms with Crippen LogP contribution in [-0.2, 0) is 14.8 Å². The number of aromatic nitrogens is 3. The Morgan fingerprint density at radius 3 is 2.20 bits per heavy atom. The number of carbonyl (C=O) groups is 2. The average molecular weight is 623 g/mol. The third-order valence-electron chi connectivity index (χ3n) is 6.57. The van der Waals surface area contributed by atoms with Crippen molar-refractivity contribution >= 4 is 33.2 Å². The highest BCUT2D eigenvalue weighted by Crippen LogP contribution is 2.30. The van der Waals surface area contributed by atoms with Gasteiger partial charge in [-0.2, -0.15) is 4.98 Å². The van der Waals surface area contributed by atoms with Gasteiger partial charge in [-0.25, -0.2) is 22.9 Å². The van der Waals surface area contributed by atoms with Gasteiger partial charge in [0.15, 0.2) is 0 Å². The Balaban J connectivity index is 1.16. The molecule has 6 rings (SSSR count). The van der Waals surface area contributed by atoms with Crippen LogP contribution in [0.15, 0.2) is 118 Å². The van der Waals surface area contributed by atoms with Gasteiger partial charge in [-0.1, -0.05) is 65.8 Å². The molecular weight excluding hydrogens is 601 g/mol. The number of hydrogen-bond acceptors (Lipinski definition) is 10. The SMILES string of the molecule is COC(=O)c1ccc(S(=O)(=O)NC(=O)c2cccc(-c3nc(-c4ccc(-c5csc(-c6ccccc6)n5)cc4)no3)c2)cc1. The zero-order chi connectivity index (χ0) is 30.7. The van der Waals surface area contributed by atoms with Crippen LogP contribution >= 0.6 is 11.3 Å². The second-order valence-corrected chi connectivity index (χ2v) is 12.0. The number of esters is 1. The van der Waals surface area contributed by atoms with Gasteiger partial charge in [0.1, 0.15) is 5.01 Å². The Kier molecular flexibility index (Phi) is 7.84. The Bertz CT molecular complexity index is 2070. The van der Waals surface area contributed by atoms with Gasteiger partial charge in [0, 0.05) is 33.2 Å². The van der Waals surface area contributed by atoms with Crippen molar-refractivity contribution in [2.75, 3.05) is 7.11 Å². The molecule has 0 radical (unpaired) electrons. The molecule has 0 saturated heterocycles. The van der Waals surface area contributed by atoms with Gasteiger partial charge in [0.2, 0.25) is 5.82 Å². The standard InChI is InChI=1S/C32H22N4O6S2/c1-41-32(38)23-14-16-26(17-15-23)44(39,40)36-29(37)24-8-5-9-25(18-24)30-34-28(35-42-30)21-12-10-20(11-13-21)27-19-43-31(33-27)22-6-3-2-4-7-22/h2-19H,1H3,(H,36,37). The Morgan fingerprint density at radius 1 is 0.773 bits per heavy atom. The van der Waals surface area contributed by atoms with Crippen molar-refractivity contribution in [2.45, 2.75) is 4.90 Å². The quantitative estimate of drug-likeness (QED) is 0.199. The number of benzene rings is 4. The van der Waals surface area contributed by atoms with Crippen LogP contribution < -0.4 is 4.72 Å². The molecule has 0 spiro atoms. The van der Waals surface area contributed by atoms with Crippen molar-refractivity contribution in [3.8, 4) is 44.7 Å². The van der Waals surface area contributed by atoms with Crippen molar-refractivity contribution in [3.63, 3.8) is 0 Å². The van der Waals surface area contributed by atoms with Crippen LogP contribution in [0.5, 0.6) is 0 Å². The summed E-state index contributed by atoms with van der Waals surface area (Å²) in [6.07, 6.45) is 0. The minimum atomic E-state index is -4.21.